The molecule has 250 valence electrons. The monoisotopic (exact) mass is 668 g/mol. The summed E-state index contributed by atoms with van der Waals surface area (Å²) < 4.78 is 0. The Bertz CT molecular complexity index is 2410. The molecule has 52 heavy (non-hydrogen) atoms. The standard InChI is InChI=1S/C51H40O/c1-50(2,3)40-29-21-35(22-30-40)15-13-33-17-25-38(26-18-33)45-47-42-11-7-9-37-10-8-12-43(44(37)42)48(47)46(49(45)52)39-27-19-34(20-28-39)14-16-36-23-31-41(32-24-36)51(4,5)6/h7-12,17-32H,1-6H3. The molecule has 1 heteroatoms. The first-order chi connectivity index (χ1) is 25.0. The van der Waals surface area contributed by atoms with Crippen molar-refractivity contribution in [1.82, 2.24) is 0 Å². The fourth-order valence-electron chi connectivity index (χ4n) is 7.29. The van der Waals surface area contributed by atoms with Gasteiger partial charge in [0, 0.05) is 44.5 Å². The van der Waals surface area contributed by atoms with Crippen LogP contribution in [-0.4, -0.2) is 5.78 Å². The van der Waals surface area contributed by atoms with Gasteiger partial charge in [0.2, 0.25) is 0 Å². The maximum Gasteiger partial charge on any atom is 0.195 e. The second kappa shape index (κ2) is 12.6. The van der Waals surface area contributed by atoms with E-state index in [4.69, 9.17) is 0 Å². The number of Topliss-reactive ketones (excluding diaryl/α,β-unsaturated/α-hetero) is 1. The third kappa shape index (κ3) is 6.00. The van der Waals surface area contributed by atoms with Crippen molar-refractivity contribution in [2.45, 2.75) is 52.4 Å². The van der Waals surface area contributed by atoms with Gasteiger partial charge in [0.05, 0.1) is 0 Å². The first kappa shape index (κ1) is 33.0. The molecule has 0 radical (unpaired) electrons. The molecule has 0 N–H and O–H groups in total. The SMILES string of the molecule is CC(C)(C)c1ccc(C#Cc2ccc(C3=C4C(=C(c5ccc(C#Cc6ccc(C(C)(C)C)cc6)cc5)C3=O)c3cccc5cccc4c35)cc2)cc1. The molecule has 0 unspecified atom stereocenters. The number of allylic oxidation sites excluding steroid dienone is 4. The van der Waals surface area contributed by atoms with Crippen molar-refractivity contribution >= 4 is 38.8 Å². The van der Waals surface area contributed by atoms with Crippen molar-refractivity contribution in [3.63, 3.8) is 0 Å². The van der Waals surface area contributed by atoms with Crippen LogP contribution in [-0.2, 0) is 15.6 Å². The lowest BCUT2D eigenvalue weighted by atomic mass is 9.87. The predicted molar refractivity (Wildman–Crippen MR) is 218 cm³/mol. The second-order valence-electron chi connectivity index (χ2n) is 15.8. The Hall–Kier alpha value is -6.15. The predicted octanol–water partition coefficient (Wildman–Crippen LogP) is 11.7. The molecule has 0 saturated carbocycles. The zero-order valence-electron chi connectivity index (χ0n) is 30.6. The highest BCUT2D eigenvalue weighted by molar-refractivity contribution is 6.61. The minimum Gasteiger partial charge on any atom is -0.289 e. The van der Waals surface area contributed by atoms with Crippen LogP contribution in [0, 0.1) is 23.7 Å². The van der Waals surface area contributed by atoms with Gasteiger partial charge in [-0.25, -0.2) is 0 Å². The van der Waals surface area contributed by atoms with Crippen LogP contribution in [0.3, 0.4) is 0 Å². The molecule has 6 aromatic carbocycles. The van der Waals surface area contributed by atoms with Gasteiger partial charge in [-0.2, -0.15) is 0 Å². The molecule has 0 spiro atoms. The van der Waals surface area contributed by atoms with Crippen LogP contribution in [0.5, 0.6) is 0 Å². The fourth-order valence-corrected chi connectivity index (χ4v) is 7.29. The lowest BCUT2D eigenvalue weighted by Gasteiger charge is -2.18. The molecular formula is C51H40O. The summed E-state index contributed by atoms with van der Waals surface area (Å²) in [6.07, 6.45) is 0. The van der Waals surface area contributed by atoms with Crippen LogP contribution in [0.2, 0.25) is 0 Å². The minimum absolute atomic E-state index is 0.0482. The fraction of sp³-hybridized carbons (Fsp3) is 0.157. The van der Waals surface area contributed by atoms with Gasteiger partial charge in [-0.15, -0.1) is 0 Å². The summed E-state index contributed by atoms with van der Waals surface area (Å²) in [6, 6.07) is 46.0. The smallest absolute Gasteiger partial charge is 0.195 e. The second-order valence-corrected chi connectivity index (χ2v) is 15.8. The van der Waals surface area contributed by atoms with Crippen LogP contribution in [0.15, 0.2) is 133 Å². The Morgan fingerprint density at radius 3 is 1.04 bits per heavy atom. The third-order valence-corrected chi connectivity index (χ3v) is 10.2. The van der Waals surface area contributed by atoms with Gasteiger partial charge in [0.25, 0.3) is 0 Å². The maximum absolute atomic E-state index is 14.7. The molecule has 8 rings (SSSR count). The van der Waals surface area contributed by atoms with E-state index in [1.165, 1.54) is 21.9 Å². The number of hydrogen-bond donors (Lipinski definition) is 0. The molecule has 0 heterocycles. The number of fused-ring (bicyclic) bond motifs is 3. The molecule has 0 atom stereocenters. The van der Waals surface area contributed by atoms with Crippen LogP contribution >= 0.6 is 0 Å². The Labute approximate surface area is 307 Å². The maximum atomic E-state index is 14.7. The number of carbonyl (C=O) groups excluding carboxylic acids is 1. The van der Waals surface area contributed by atoms with Gasteiger partial charge in [0.1, 0.15) is 0 Å². The number of benzene rings is 6. The van der Waals surface area contributed by atoms with Gasteiger partial charge in [0.15, 0.2) is 5.78 Å². The number of hydrogen-bond acceptors (Lipinski definition) is 1. The number of ketones is 1. The van der Waals surface area contributed by atoms with Gasteiger partial charge in [-0.3, -0.25) is 4.79 Å². The van der Waals surface area contributed by atoms with E-state index in [0.717, 1.165) is 66.8 Å². The van der Waals surface area contributed by atoms with Gasteiger partial charge in [-0.1, -0.05) is 150 Å². The highest BCUT2D eigenvalue weighted by atomic mass is 16.1. The summed E-state index contributed by atoms with van der Waals surface area (Å²) in [4.78, 5) is 14.7. The Morgan fingerprint density at radius 1 is 0.385 bits per heavy atom. The molecule has 0 bridgehead atoms. The summed E-state index contributed by atoms with van der Waals surface area (Å²) in [5, 5.41) is 2.38. The molecule has 0 fully saturated rings. The normalized spacial score (nSPS) is 13.5. The molecule has 2 aliphatic rings. The first-order valence-electron chi connectivity index (χ1n) is 18.0. The average Bonchev–Trinajstić information content (AvgIpc) is 3.62. The van der Waals surface area contributed by atoms with Crippen molar-refractivity contribution in [1.29, 1.82) is 0 Å². The van der Waals surface area contributed by atoms with Gasteiger partial charge < -0.3 is 0 Å². The molecule has 0 saturated heterocycles. The van der Waals surface area contributed by atoms with Crippen LogP contribution < -0.4 is 0 Å². The van der Waals surface area contributed by atoms with E-state index < -0.39 is 0 Å². The summed E-state index contributed by atoms with van der Waals surface area (Å²) in [5.74, 6) is 13.3. The minimum atomic E-state index is 0.0482. The highest BCUT2D eigenvalue weighted by Gasteiger charge is 2.40. The summed E-state index contributed by atoms with van der Waals surface area (Å²) in [7, 11) is 0. The van der Waals surface area contributed by atoms with E-state index in [1.54, 1.807) is 0 Å². The third-order valence-electron chi connectivity index (χ3n) is 10.2. The van der Waals surface area contributed by atoms with Crippen molar-refractivity contribution in [3.05, 3.63) is 189 Å². The van der Waals surface area contributed by atoms with Crippen LogP contribution in [0.4, 0.5) is 0 Å². The topological polar surface area (TPSA) is 17.1 Å². The number of rotatable bonds is 2. The Balaban J connectivity index is 1.13. The van der Waals surface area contributed by atoms with Crippen molar-refractivity contribution in [2.24, 2.45) is 0 Å². The molecule has 0 amide bonds. The van der Waals surface area contributed by atoms with Crippen molar-refractivity contribution in [3.8, 4) is 23.7 Å². The van der Waals surface area contributed by atoms with E-state index in [0.29, 0.717) is 0 Å². The Morgan fingerprint density at radius 2 is 0.712 bits per heavy atom. The zero-order valence-corrected chi connectivity index (χ0v) is 30.6. The van der Waals surface area contributed by atoms with Crippen molar-refractivity contribution in [2.75, 3.05) is 0 Å². The lowest BCUT2D eigenvalue weighted by Crippen LogP contribution is -2.10. The van der Waals surface area contributed by atoms with Crippen molar-refractivity contribution < 1.29 is 4.79 Å². The van der Waals surface area contributed by atoms with E-state index in [2.05, 4.69) is 150 Å². The molecule has 2 aliphatic carbocycles. The zero-order chi connectivity index (χ0) is 36.2. The summed E-state index contributed by atoms with van der Waals surface area (Å²) in [6.45, 7) is 13.3. The van der Waals surface area contributed by atoms with E-state index in [9.17, 15) is 4.79 Å². The van der Waals surface area contributed by atoms with E-state index in [-0.39, 0.29) is 16.6 Å². The first-order valence-corrected chi connectivity index (χ1v) is 18.0. The Kier molecular flexibility index (Phi) is 7.98. The average molecular weight is 669 g/mol. The van der Waals surface area contributed by atoms with E-state index in [1.807, 2.05) is 48.5 Å². The number of carbonyl (C=O) groups is 1. The summed E-state index contributed by atoms with van der Waals surface area (Å²) >= 11 is 0. The summed E-state index contributed by atoms with van der Waals surface area (Å²) in [5.41, 5.74) is 14.1. The van der Waals surface area contributed by atoms with E-state index >= 15 is 0 Å². The quantitative estimate of drug-likeness (QED) is 0.168. The lowest BCUT2D eigenvalue weighted by molar-refractivity contribution is -0.108. The molecular weight excluding hydrogens is 629 g/mol. The largest absolute Gasteiger partial charge is 0.289 e. The van der Waals surface area contributed by atoms with Crippen LogP contribution in [0.25, 0.3) is 33.1 Å². The van der Waals surface area contributed by atoms with Gasteiger partial charge >= 0.3 is 0 Å². The molecule has 0 aliphatic heterocycles. The molecule has 6 aromatic rings. The van der Waals surface area contributed by atoms with Gasteiger partial charge in [-0.05, 0) is 104 Å². The van der Waals surface area contributed by atoms with Crippen LogP contribution in [0.1, 0.15) is 97.2 Å². The molecule has 0 aromatic heterocycles. The highest BCUT2D eigenvalue weighted by Crippen LogP contribution is 2.56. The molecule has 1 nitrogen and oxygen atoms in total.